The molecule has 2 rings (SSSR count). The van der Waals surface area contributed by atoms with Gasteiger partial charge in [-0.2, -0.15) is 0 Å². The van der Waals surface area contributed by atoms with Crippen LogP contribution in [0.1, 0.15) is 35.8 Å². The van der Waals surface area contributed by atoms with Crippen LogP contribution in [0.2, 0.25) is 0 Å². The van der Waals surface area contributed by atoms with Crippen LogP contribution in [0.3, 0.4) is 0 Å². The summed E-state index contributed by atoms with van der Waals surface area (Å²) >= 11 is 0. The Morgan fingerprint density at radius 2 is 1.80 bits per heavy atom. The van der Waals surface area contributed by atoms with Crippen molar-refractivity contribution in [3.05, 3.63) is 65.2 Å². The minimum absolute atomic E-state index is 0.0214. The maximum Gasteiger partial charge on any atom is 0.338 e. The molecular weight excluding hydrogens is 352 g/mol. The number of hydrogen-bond acceptors (Lipinski definition) is 4. The molecule has 0 saturated heterocycles. The first-order chi connectivity index (χ1) is 11.7. The van der Waals surface area contributed by atoms with Gasteiger partial charge in [0.2, 0.25) is 10.0 Å². The standard InChI is InChI=1S/C17H17F2NO4S/c1-3-24-17(21)12-4-7-14(8-5-12)25(22,23)20-11(2)15-9-6-13(18)10-16(15)19/h4-11,20H,3H2,1-2H3/t11-/m1/s1. The SMILES string of the molecule is CCOC(=O)c1ccc(S(=O)(=O)N[C@H](C)c2ccc(F)cc2F)cc1. The van der Waals surface area contributed by atoms with Gasteiger partial charge in [-0.25, -0.2) is 26.7 Å². The zero-order valence-electron chi connectivity index (χ0n) is 13.6. The maximum atomic E-state index is 13.8. The Labute approximate surface area is 144 Å². The van der Waals surface area contributed by atoms with Gasteiger partial charge in [0.1, 0.15) is 11.6 Å². The van der Waals surface area contributed by atoms with Crippen molar-refractivity contribution in [3.63, 3.8) is 0 Å². The highest BCUT2D eigenvalue weighted by Gasteiger charge is 2.21. The lowest BCUT2D eigenvalue weighted by atomic mass is 10.1. The Hall–Kier alpha value is -2.32. The summed E-state index contributed by atoms with van der Waals surface area (Å²) in [5.74, 6) is -2.14. The molecule has 2 aromatic rings. The summed E-state index contributed by atoms with van der Waals surface area (Å²) in [6, 6.07) is 7.18. The van der Waals surface area contributed by atoms with Crippen LogP contribution in [-0.2, 0) is 14.8 Å². The highest BCUT2D eigenvalue weighted by atomic mass is 32.2. The van der Waals surface area contributed by atoms with Crippen molar-refractivity contribution in [2.24, 2.45) is 0 Å². The number of sulfonamides is 1. The molecule has 1 N–H and O–H groups in total. The number of halogens is 2. The molecule has 0 heterocycles. The van der Waals surface area contributed by atoms with Crippen LogP contribution < -0.4 is 4.72 Å². The number of ether oxygens (including phenoxy) is 1. The zero-order chi connectivity index (χ0) is 18.6. The van der Waals surface area contributed by atoms with Gasteiger partial charge in [-0.05, 0) is 44.2 Å². The van der Waals surface area contributed by atoms with Gasteiger partial charge in [0.25, 0.3) is 0 Å². The molecule has 0 aliphatic carbocycles. The van der Waals surface area contributed by atoms with Crippen molar-refractivity contribution in [2.75, 3.05) is 6.61 Å². The first-order valence-corrected chi connectivity index (χ1v) is 8.97. The molecule has 5 nitrogen and oxygen atoms in total. The summed E-state index contributed by atoms with van der Waals surface area (Å²) in [5, 5.41) is 0. The van der Waals surface area contributed by atoms with Crippen LogP contribution in [0.25, 0.3) is 0 Å². The summed E-state index contributed by atoms with van der Waals surface area (Å²) in [4.78, 5) is 11.5. The molecule has 0 unspecified atom stereocenters. The summed E-state index contributed by atoms with van der Waals surface area (Å²) in [7, 11) is -3.95. The van der Waals surface area contributed by atoms with E-state index in [4.69, 9.17) is 4.74 Å². The third kappa shape index (κ3) is 4.61. The van der Waals surface area contributed by atoms with Crippen molar-refractivity contribution in [2.45, 2.75) is 24.8 Å². The van der Waals surface area contributed by atoms with Crippen molar-refractivity contribution < 1.29 is 26.7 Å². The Balaban J connectivity index is 2.19. The van der Waals surface area contributed by atoms with Crippen LogP contribution in [0.5, 0.6) is 0 Å². The van der Waals surface area contributed by atoms with Crippen molar-refractivity contribution >= 4 is 16.0 Å². The first-order valence-electron chi connectivity index (χ1n) is 7.49. The van der Waals surface area contributed by atoms with Gasteiger partial charge < -0.3 is 4.74 Å². The monoisotopic (exact) mass is 369 g/mol. The molecule has 0 bridgehead atoms. The topological polar surface area (TPSA) is 72.5 Å². The lowest BCUT2D eigenvalue weighted by Gasteiger charge is -2.15. The second kappa shape index (κ2) is 7.71. The summed E-state index contributed by atoms with van der Waals surface area (Å²) in [5.41, 5.74) is 0.242. The quantitative estimate of drug-likeness (QED) is 0.794. The molecule has 0 fully saturated rings. The smallest absolute Gasteiger partial charge is 0.338 e. The van der Waals surface area contributed by atoms with E-state index in [2.05, 4.69) is 4.72 Å². The molecule has 0 radical (unpaired) electrons. The number of esters is 1. The molecule has 0 amide bonds. The van der Waals surface area contributed by atoms with Crippen LogP contribution in [0.15, 0.2) is 47.4 Å². The van der Waals surface area contributed by atoms with Gasteiger partial charge in [-0.1, -0.05) is 6.07 Å². The van der Waals surface area contributed by atoms with Gasteiger partial charge in [0, 0.05) is 17.7 Å². The largest absolute Gasteiger partial charge is 0.462 e. The van der Waals surface area contributed by atoms with E-state index < -0.39 is 33.7 Å². The Morgan fingerprint density at radius 3 is 2.36 bits per heavy atom. The molecular formula is C17H17F2NO4S. The Kier molecular flexibility index (Phi) is 5.86. The fourth-order valence-electron chi connectivity index (χ4n) is 2.20. The lowest BCUT2D eigenvalue weighted by molar-refractivity contribution is 0.0526. The van der Waals surface area contributed by atoms with Crippen LogP contribution in [-0.4, -0.2) is 21.0 Å². The first kappa shape index (κ1) is 19.0. The number of rotatable bonds is 6. The van der Waals surface area contributed by atoms with Crippen molar-refractivity contribution in [3.8, 4) is 0 Å². The average Bonchev–Trinajstić information content (AvgIpc) is 2.54. The normalized spacial score (nSPS) is 12.6. The molecule has 134 valence electrons. The third-order valence-corrected chi connectivity index (χ3v) is 4.99. The van der Waals surface area contributed by atoms with E-state index >= 15 is 0 Å². The van der Waals surface area contributed by atoms with E-state index in [9.17, 15) is 22.0 Å². The number of nitrogens with one attached hydrogen (secondary N) is 1. The van der Waals surface area contributed by atoms with E-state index in [1.807, 2.05) is 0 Å². The average molecular weight is 369 g/mol. The Bertz CT molecular complexity index is 867. The predicted octanol–water partition coefficient (Wildman–Crippen LogP) is 3.18. The van der Waals surface area contributed by atoms with Gasteiger partial charge >= 0.3 is 5.97 Å². The molecule has 0 spiro atoms. The minimum Gasteiger partial charge on any atom is -0.462 e. The zero-order valence-corrected chi connectivity index (χ0v) is 14.4. The second-order valence-electron chi connectivity index (χ2n) is 5.25. The molecule has 0 aromatic heterocycles. The van der Waals surface area contributed by atoms with Crippen LogP contribution >= 0.6 is 0 Å². The molecule has 8 heteroatoms. The molecule has 0 aliphatic heterocycles. The third-order valence-electron chi connectivity index (χ3n) is 3.44. The second-order valence-corrected chi connectivity index (χ2v) is 6.97. The van der Waals surface area contributed by atoms with Gasteiger partial charge in [0.05, 0.1) is 17.1 Å². The van der Waals surface area contributed by atoms with Gasteiger partial charge in [-0.3, -0.25) is 0 Å². The van der Waals surface area contributed by atoms with Gasteiger partial charge in [-0.15, -0.1) is 0 Å². The van der Waals surface area contributed by atoms with E-state index in [0.29, 0.717) is 6.07 Å². The summed E-state index contributed by atoms with van der Waals surface area (Å²) in [6.07, 6.45) is 0. The van der Waals surface area contributed by atoms with Crippen molar-refractivity contribution in [1.29, 1.82) is 0 Å². The van der Waals surface area contributed by atoms with Gasteiger partial charge in [0.15, 0.2) is 0 Å². The summed E-state index contributed by atoms with van der Waals surface area (Å²) in [6.45, 7) is 3.32. The number of hydrogen-bond donors (Lipinski definition) is 1. The molecule has 2 aromatic carbocycles. The number of carbonyl (C=O) groups excluding carboxylic acids is 1. The fraction of sp³-hybridized carbons (Fsp3) is 0.235. The van der Waals surface area contributed by atoms with Crippen LogP contribution in [0.4, 0.5) is 8.78 Å². The van der Waals surface area contributed by atoms with E-state index in [-0.39, 0.29) is 22.6 Å². The molecule has 25 heavy (non-hydrogen) atoms. The maximum absolute atomic E-state index is 13.8. The Morgan fingerprint density at radius 1 is 1.16 bits per heavy atom. The van der Waals surface area contributed by atoms with E-state index in [0.717, 1.165) is 6.07 Å². The highest BCUT2D eigenvalue weighted by Crippen LogP contribution is 2.21. The van der Waals surface area contributed by atoms with E-state index in [1.54, 1.807) is 6.92 Å². The number of benzene rings is 2. The molecule has 0 aliphatic rings. The minimum atomic E-state index is -3.95. The molecule has 0 saturated carbocycles. The summed E-state index contributed by atoms with van der Waals surface area (Å²) < 4.78 is 58.6. The van der Waals surface area contributed by atoms with Crippen molar-refractivity contribution in [1.82, 2.24) is 4.72 Å². The van der Waals surface area contributed by atoms with E-state index in [1.165, 1.54) is 37.3 Å². The predicted molar refractivity (Wildman–Crippen MR) is 87.5 cm³/mol. The number of carbonyl (C=O) groups is 1. The molecule has 1 atom stereocenters. The highest BCUT2D eigenvalue weighted by molar-refractivity contribution is 7.89. The lowest BCUT2D eigenvalue weighted by Crippen LogP contribution is -2.27. The van der Waals surface area contributed by atoms with Crippen LogP contribution in [0, 0.1) is 11.6 Å². The fourth-order valence-corrected chi connectivity index (χ4v) is 3.42.